The van der Waals surface area contributed by atoms with Gasteiger partial charge in [-0.05, 0) is 31.0 Å². The molecule has 0 fully saturated rings. The molecule has 0 aliphatic carbocycles. The summed E-state index contributed by atoms with van der Waals surface area (Å²) in [5.41, 5.74) is 3.04. The van der Waals surface area contributed by atoms with Crippen molar-refractivity contribution in [3.63, 3.8) is 0 Å². The van der Waals surface area contributed by atoms with E-state index in [1.54, 1.807) is 19.0 Å². The molecule has 1 heterocycles. The van der Waals surface area contributed by atoms with Gasteiger partial charge < -0.3 is 15.5 Å². The average Bonchev–Trinajstić information content (AvgIpc) is 3.07. The molecule has 0 atom stereocenters. The van der Waals surface area contributed by atoms with Gasteiger partial charge in [0.1, 0.15) is 0 Å². The lowest BCUT2D eigenvalue weighted by Gasteiger charge is -2.15. The van der Waals surface area contributed by atoms with Gasteiger partial charge in [-0.3, -0.25) is 4.79 Å². The number of aromatic nitrogens is 2. The third kappa shape index (κ3) is 7.20. The number of hydrogen-bond acceptors (Lipinski definition) is 3. The van der Waals surface area contributed by atoms with Crippen LogP contribution in [0.3, 0.4) is 0 Å². The molecule has 0 radical (unpaired) electrons. The SMILES string of the molecule is CCCNC(=NCc1ccccc1-n1ccc(C)n1)NCC(=O)N(C)C.I. The van der Waals surface area contributed by atoms with Gasteiger partial charge in [-0.1, -0.05) is 25.1 Å². The van der Waals surface area contributed by atoms with E-state index < -0.39 is 0 Å². The second kappa shape index (κ2) is 11.6. The van der Waals surface area contributed by atoms with Crippen molar-refractivity contribution in [2.24, 2.45) is 4.99 Å². The van der Waals surface area contributed by atoms with E-state index in [1.807, 2.05) is 48.1 Å². The molecule has 2 N–H and O–H groups in total. The Labute approximate surface area is 178 Å². The maximum absolute atomic E-state index is 11.8. The third-order valence-corrected chi connectivity index (χ3v) is 3.82. The van der Waals surface area contributed by atoms with Crippen molar-refractivity contribution in [2.75, 3.05) is 27.2 Å². The number of likely N-dealkylation sites (N-methyl/N-ethyl adjacent to an activating group) is 1. The summed E-state index contributed by atoms with van der Waals surface area (Å²) in [7, 11) is 3.48. The topological polar surface area (TPSA) is 74.5 Å². The highest BCUT2D eigenvalue weighted by Gasteiger charge is 2.08. The molecule has 148 valence electrons. The number of carbonyl (C=O) groups is 1. The van der Waals surface area contributed by atoms with Gasteiger partial charge in [0.25, 0.3) is 0 Å². The van der Waals surface area contributed by atoms with Crippen molar-refractivity contribution >= 4 is 35.8 Å². The van der Waals surface area contributed by atoms with E-state index in [0.717, 1.165) is 29.9 Å². The number of benzene rings is 1. The van der Waals surface area contributed by atoms with Crippen LogP contribution in [-0.4, -0.2) is 53.7 Å². The Morgan fingerprint density at radius 3 is 2.59 bits per heavy atom. The fourth-order valence-corrected chi connectivity index (χ4v) is 2.32. The van der Waals surface area contributed by atoms with Crippen LogP contribution >= 0.6 is 24.0 Å². The minimum absolute atomic E-state index is 0. The summed E-state index contributed by atoms with van der Waals surface area (Å²) in [5.74, 6) is 0.636. The van der Waals surface area contributed by atoms with Crippen LogP contribution in [0.2, 0.25) is 0 Å². The van der Waals surface area contributed by atoms with Gasteiger partial charge in [-0.15, -0.1) is 24.0 Å². The number of halogens is 1. The first kappa shape index (κ1) is 22.9. The van der Waals surface area contributed by atoms with Gasteiger partial charge in [0.15, 0.2) is 5.96 Å². The van der Waals surface area contributed by atoms with Crippen LogP contribution in [0.5, 0.6) is 0 Å². The van der Waals surface area contributed by atoms with Crippen molar-refractivity contribution in [3.05, 3.63) is 47.8 Å². The Bertz CT molecular complexity index is 756. The molecule has 0 bridgehead atoms. The first-order valence-electron chi connectivity index (χ1n) is 8.84. The van der Waals surface area contributed by atoms with Crippen molar-refractivity contribution < 1.29 is 4.79 Å². The number of nitrogens with zero attached hydrogens (tertiary/aromatic N) is 4. The Hall–Kier alpha value is -2.10. The van der Waals surface area contributed by atoms with Gasteiger partial charge in [0.2, 0.25) is 5.91 Å². The van der Waals surface area contributed by atoms with E-state index in [4.69, 9.17) is 0 Å². The van der Waals surface area contributed by atoms with Crippen molar-refractivity contribution in [1.29, 1.82) is 0 Å². The first-order chi connectivity index (χ1) is 12.5. The lowest BCUT2D eigenvalue weighted by Crippen LogP contribution is -2.43. The number of para-hydroxylation sites is 1. The molecule has 1 aromatic carbocycles. The summed E-state index contributed by atoms with van der Waals surface area (Å²) in [6, 6.07) is 10.0. The summed E-state index contributed by atoms with van der Waals surface area (Å²) < 4.78 is 1.86. The smallest absolute Gasteiger partial charge is 0.241 e. The number of aryl methyl sites for hydroxylation is 1. The monoisotopic (exact) mass is 484 g/mol. The number of guanidine groups is 1. The molecule has 1 amide bonds. The molecule has 0 saturated heterocycles. The van der Waals surface area contributed by atoms with Crippen LogP contribution in [0.4, 0.5) is 0 Å². The molecular weight excluding hydrogens is 455 g/mol. The highest BCUT2D eigenvalue weighted by molar-refractivity contribution is 14.0. The van der Waals surface area contributed by atoms with Crippen LogP contribution in [-0.2, 0) is 11.3 Å². The predicted molar refractivity (Wildman–Crippen MR) is 120 cm³/mol. The lowest BCUT2D eigenvalue weighted by atomic mass is 10.2. The zero-order valence-electron chi connectivity index (χ0n) is 16.4. The minimum atomic E-state index is 0. The summed E-state index contributed by atoms with van der Waals surface area (Å²) >= 11 is 0. The molecule has 8 heteroatoms. The highest BCUT2D eigenvalue weighted by Crippen LogP contribution is 2.15. The van der Waals surface area contributed by atoms with E-state index in [9.17, 15) is 4.79 Å². The largest absolute Gasteiger partial charge is 0.356 e. The number of amides is 1. The fraction of sp³-hybridized carbons (Fsp3) is 0.421. The highest BCUT2D eigenvalue weighted by atomic mass is 127. The summed E-state index contributed by atoms with van der Waals surface area (Å²) in [6.07, 6.45) is 2.92. The number of rotatable bonds is 7. The normalized spacial score (nSPS) is 10.9. The van der Waals surface area contributed by atoms with E-state index in [1.165, 1.54) is 0 Å². The van der Waals surface area contributed by atoms with Crippen LogP contribution in [0, 0.1) is 6.92 Å². The Balaban J connectivity index is 0.00000364. The van der Waals surface area contributed by atoms with Crippen molar-refractivity contribution in [2.45, 2.75) is 26.8 Å². The number of aliphatic imine (C=N–C) groups is 1. The Morgan fingerprint density at radius 2 is 1.96 bits per heavy atom. The summed E-state index contributed by atoms with van der Waals surface area (Å²) in [4.78, 5) is 18.0. The summed E-state index contributed by atoms with van der Waals surface area (Å²) in [6.45, 7) is 5.55. The molecule has 27 heavy (non-hydrogen) atoms. The Morgan fingerprint density at radius 1 is 1.22 bits per heavy atom. The second-order valence-corrected chi connectivity index (χ2v) is 6.26. The molecule has 1 aromatic heterocycles. The minimum Gasteiger partial charge on any atom is -0.356 e. The number of nitrogens with one attached hydrogen (secondary N) is 2. The lowest BCUT2D eigenvalue weighted by molar-refractivity contribution is -0.127. The van der Waals surface area contributed by atoms with Gasteiger partial charge in [0.05, 0.1) is 24.5 Å². The predicted octanol–water partition coefficient (Wildman–Crippen LogP) is 2.33. The standard InChI is InChI=1S/C19H28N6O.HI/c1-5-11-20-19(22-14-18(26)24(3)4)21-13-16-8-6-7-9-17(16)25-12-10-15(2)23-25;/h6-10,12H,5,11,13-14H2,1-4H3,(H2,20,21,22);1H. The van der Waals surface area contributed by atoms with E-state index in [0.29, 0.717) is 12.5 Å². The fourth-order valence-electron chi connectivity index (χ4n) is 2.32. The van der Waals surface area contributed by atoms with Crippen molar-refractivity contribution in [3.8, 4) is 5.69 Å². The van der Waals surface area contributed by atoms with Gasteiger partial charge >= 0.3 is 0 Å². The quantitative estimate of drug-likeness (QED) is 0.360. The summed E-state index contributed by atoms with van der Waals surface area (Å²) in [5, 5.41) is 10.8. The zero-order valence-corrected chi connectivity index (χ0v) is 18.7. The van der Waals surface area contributed by atoms with Crippen LogP contribution in [0.25, 0.3) is 5.69 Å². The van der Waals surface area contributed by atoms with Gasteiger partial charge in [-0.2, -0.15) is 5.10 Å². The maximum atomic E-state index is 11.8. The number of hydrogen-bond donors (Lipinski definition) is 2. The molecule has 7 nitrogen and oxygen atoms in total. The molecule has 0 spiro atoms. The van der Waals surface area contributed by atoms with Gasteiger partial charge in [-0.25, -0.2) is 9.67 Å². The van der Waals surface area contributed by atoms with Crippen LogP contribution in [0.1, 0.15) is 24.6 Å². The van der Waals surface area contributed by atoms with E-state index in [2.05, 4.69) is 27.6 Å². The molecular formula is C19H29IN6O. The average molecular weight is 484 g/mol. The molecule has 0 saturated carbocycles. The number of carbonyl (C=O) groups excluding carboxylic acids is 1. The van der Waals surface area contributed by atoms with E-state index >= 15 is 0 Å². The zero-order chi connectivity index (χ0) is 18.9. The molecule has 0 unspecified atom stereocenters. The van der Waals surface area contributed by atoms with Gasteiger partial charge in [0, 0.05) is 26.8 Å². The van der Waals surface area contributed by atoms with Crippen molar-refractivity contribution in [1.82, 2.24) is 25.3 Å². The molecule has 0 aliphatic rings. The second-order valence-electron chi connectivity index (χ2n) is 6.26. The molecule has 2 aromatic rings. The third-order valence-electron chi connectivity index (χ3n) is 3.82. The van der Waals surface area contributed by atoms with Crippen LogP contribution in [0.15, 0.2) is 41.5 Å². The first-order valence-corrected chi connectivity index (χ1v) is 8.84. The molecule has 0 aliphatic heterocycles. The molecule has 2 rings (SSSR count). The maximum Gasteiger partial charge on any atom is 0.241 e. The van der Waals surface area contributed by atoms with E-state index in [-0.39, 0.29) is 36.4 Å². The van der Waals surface area contributed by atoms with Crippen LogP contribution < -0.4 is 10.6 Å². The Kier molecular flexibility index (Phi) is 9.84.